The topological polar surface area (TPSA) is 78.5 Å². The summed E-state index contributed by atoms with van der Waals surface area (Å²) in [5, 5.41) is 6.48. The van der Waals surface area contributed by atoms with E-state index < -0.39 is 10.0 Å². The highest BCUT2D eigenvalue weighted by Gasteiger charge is 2.17. The minimum Gasteiger partial charge on any atom is -0.325 e. The number of nitrogens with zero attached hydrogens (tertiary/aromatic N) is 1. The van der Waals surface area contributed by atoms with Crippen molar-refractivity contribution >= 4 is 33.2 Å². The molecule has 2 rings (SSSR count). The number of sulfonamides is 1. The Morgan fingerprint density at radius 2 is 1.81 bits per heavy atom. The first-order valence-electron chi connectivity index (χ1n) is 8.01. The van der Waals surface area contributed by atoms with E-state index in [0.717, 1.165) is 9.87 Å². The van der Waals surface area contributed by atoms with Crippen molar-refractivity contribution in [1.29, 1.82) is 0 Å². The molecule has 0 aliphatic heterocycles. The Bertz CT molecular complexity index is 868. The zero-order valence-electron chi connectivity index (χ0n) is 14.9. The minimum absolute atomic E-state index is 0.0292. The van der Waals surface area contributed by atoms with Crippen molar-refractivity contribution in [1.82, 2.24) is 9.62 Å². The van der Waals surface area contributed by atoms with Crippen LogP contribution in [0.1, 0.15) is 18.5 Å². The van der Waals surface area contributed by atoms with Gasteiger partial charge in [0.05, 0.1) is 11.4 Å². The third kappa shape index (κ3) is 5.28. The van der Waals surface area contributed by atoms with Crippen LogP contribution in [0.4, 0.5) is 5.69 Å². The normalized spacial score (nSPS) is 12.8. The highest BCUT2D eigenvalue weighted by Crippen LogP contribution is 2.18. The third-order valence-electron chi connectivity index (χ3n) is 3.84. The summed E-state index contributed by atoms with van der Waals surface area (Å²) in [5.74, 6) is -0.259. The van der Waals surface area contributed by atoms with Crippen molar-refractivity contribution in [3.05, 3.63) is 59.1 Å². The molecule has 8 heteroatoms. The van der Waals surface area contributed by atoms with E-state index in [1.165, 1.54) is 26.2 Å². The highest BCUT2D eigenvalue weighted by molar-refractivity contribution is 7.89. The lowest BCUT2D eigenvalue weighted by atomic mass is 10.1. The second-order valence-electron chi connectivity index (χ2n) is 6.02. The predicted molar refractivity (Wildman–Crippen MR) is 104 cm³/mol. The zero-order chi connectivity index (χ0) is 19.3. The predicted octanol–water partition coefficient (Wildman–Crippen LogP) is 2.88. The molecule has 1 atom stereocenters. The molecule has 0 saturated heterocycles. The van der Waals surface area contributed by atoms with E-state index in [4.69, 9.17) is 11.6 Å². The summed E-state index contributed by atoms with van der Waals surface area (Å²) >= 11 is 5.87. The monoisotopic (exact) mass is 395 g/mol. The zero-order valence-corrected chi connectivity index (χ0v) is 16.4. The molecule has 6 nitrogen and oxygen atoms in total. The number of benzene rings is 2. The van der Waals surface area contributed by atoms with E-state index in [9.17, 15) is 13.2 Å². The summed E-state index contributed by atoms with van der Waals surface area (Å²) in [6, 6.07) is 13.5. The van der Waals surface area contributed by atoms with Gasteiger partial charge in [-0.3, -0.25) is 4.79 Å². The molecule has 1 amide bonds. The van der Waals surface area contributed by atoms with Gasteiger partial charge in [-0.2, -0.15) is 0 Å². The van der Waals surface area contributed by atoms with Crippen molar-refractivity contribution in [3.8, 4) is 0 Å². The first kappa shape index (κ1) is 20.4. The Labute approximate surface area is 159 Å². The average molecular weight is 396 g/mol. The van der Waals surface area contributed by atoms with Gasteiger partial charge in [-0.05, 0) is 42.8 Å². The number of amides is 1. The van der Waals surface area contributed by atoms with Gasteiger partial charge >= 0.3 is 0 Å². The minimum atomic E-state index is -3.54. The average Bonchev–Trinajstić information content (AvgIpc) is 2.60. The van der Waals surface area contributed by atoms with E-state index in [0.29, 0.717) is 10.7 Å². The van der Waals surface area contributed by atoms with Gasteiger partial charge in [0.25, 0.3) is 0 Å². The number of anilines is 1. The number of rotatable bonds is 7. The standard InChI is InChI=1S/C18H22ClN3O3S/c1-13(14-7-9-15(19)10-8-14)20-12-18(23)21-16-5-4-6-17(11-16)26(24,25)22(2)3/h4-11,13,20H,12H2,1-3H3,(H,21,23)/t13-/m0/s1. The maximum Gasteiger partial charge on any atom is 0.242 e. The van der Waals surface area contributed by atoms with Crippen molar-refractivity contribution < 1.29 is 13.2 Å². The van der Waals surface area contributed by atoms with Gasteiger partial charge in [0.2, 0.25) is 15.9 Å². The second-order valence-corrected chi connectivity index (χ2v) is 8.61. The molecular weight excluding hydrogens is 374 g/mol. The van der Waals surface area contributed by atoms with Gasteiger partial charge in [0, 0.05) is 30.8 Å². The lowest BCUT2D eigenvalue weighted by molar-refractivity contribution is -0.115. The molecule has 140 valence electrons. The second kappa shape index (κ2) is 8.64. The summed E-state index contributed by atoms with van der Waals surface area (Å²) < 4.78 is 25.4. The number of hydrogen-bond acceptors (Lipinski definition) is 4. The van der Waals surface area contributed by atoms with Crippen LogP contribution in [0, 0.1) is 0 Å². The van der Waals surface area contributed by atoms with Crippen LogP contribution in [-0.2, 0) is 14.8 Å². The lowest BCUT2D eigenvalue weighted by Gasteiger charge is -2.15. The van der Waals surface area contributed by atoms with Crippen LogP contribution in [0.15, 0.2) is 53.4 Å². The Morgan fingerprint density at radius 3 is 2.42 bits per heavy atom. The molecule has 0 fully saturated rings. The van der Waals surface area contributed by atoms with Crippen LogP contribution < -0.4 is 10.6 Å². The van der Waals surface area contributed by atoms with E-state index in [2.05, 4.69) is 10.6 Å². The van der Waals surface area contributed by atoms with Crippen molar-refractivity contribution in [2.75, 3.05) is 26.0 Å². The van der Waals surface area contributed by atoms with Gasteiger partial charge in [0.15, 0.2) is 0 Å². The lowest BCUT2D eigenvalue weighted by Crippen LogP contribution is -2.30. The SMILES string of the molecule is C[C@H](NCC(=O)Nc1cccc(S(=O)(=O)N(C)C)c1)c1ccc(Cl)cc1. The number of carbonyl (C=O) groups is 1. The molecule has 0 bridgehead atoms. The highest BCUT2D eigenvalue weighted by atomic mass is 35.5. The molecule has 2 N–H and O–H groups in total. The maximum absolute atomic E-state index is 12.2. The fraction of sp³-hybridized carbons (Fsp3) is 0.278. The quantitative estimate of drug-likeness (QED) is 0.755. The molecule has 0 aliphatic rings. The van der Waals surface area contributed by atoms with Gasteiger partial charge in [0.1, 0.15) is 0 Å². The fourth-order valence-electron chi connectivity index (χ4n) is 2.27. The van der Waals surface area contributed by atoms with Gasteiger partial charge in [-0.25, -0.2) is 12.7 Å². The van der Waals surface area contributed by atoms with Crippen molar-refractivity contribution in [2.45, 2.75) is 17.9 Å². The van der Waals surface area contributed by atoms with Crippen LogP contribution in [0.5, 0.6) is 0 Å². The number of hydrogen-bond donors (Lipinski definition) is 2. The molecule has 0 radical (unpaired) electrons. The van der Waals surface area contributed by atoms with E-state index >= 15 is 0 Å². The Hall–Kier alpha value is -1.93. The summed E-state index contributed by atoms with van der Waals surface area (Å²) in [5.41, 5.74) is 1.44. The van der Waals surface area contributed by atoms with Crippen LogP contribution in [0.25, 0.3) is 0 Å². The Balaban J connectivity index is 1.97. The number of nitrogens with one attached hydrogen (secondary N) is 2. The van der Waals surface area contributed by atoms with Gasteiger partial charge in [-0.15, -0.1) is 0 Å². The Kier molecular flexibility index (Phi) is 6.77. The number of carbonyl (C=O) groups excluding carboxylic acids is 1. The van der Waals surface area contributed by atoms with Crippen LogP contribution in [-0.4, -0.2) is 39.3 Å². The molecule has 0 aliphatic carbocycles. The van der Waals surface area contributed by atoms with Crippen LogP contribution >= 0.6 is 11.6 Å². The fourth-order valence-corrected chi connectivity index (χ4v) is 3.34. The maximum atomic E-state index is 12.2. The molecule has 2 aromatic carbocycles. The molecule has 0 spiro atoms. The molecular formula is C18H22ClN3O3S. The van der Waals surface area contributed by atoms with Gasteiger partial charge < -0.3 is 10.6 Å². The van der Waals surface area contributed by atoms with E-state index in [1.807, 2.05) is 19.1 Å². The summed E-state index contributed by atoms with van der Waals surface area (Å²) in [6.07, 6.45) is 0. The molecule has 0 saturated carbocycles. The largest absolute Gasteiger partial charge is 0.325 e. The van der Waals surface area contributed by atoms with Crippen LogP contribution in [0.2, 0.25) is 5.02 Å². The smallest absolute Gasteiger partial charge is 0.242 e. The first-order chi connectivity index (χ1) is 12.2. The van der Waals surface area contributed by atoms with Crippen molar-refractivity contribution in [3.63, 3.8) is 0 Å². The van der Waals surface area contributed by atoms with E-state index in [-0.39, 0.29) is 23.4 Å². The number of halogens is 1. The molecule has 0 aromatic heterocycles. The Morgan fingerprint density at radius 1 is 1.15 bits per heavy atom. The first-order valence-corrected chi connectivity index (χ1v) is 9.83. The van der Waals surface area contributed by atoms with Crippen LogP contribution in [0.3, 0.4) is 0 Å². The third-order valence-corrected chi connectivity index (χ3v) is 5.90. The summed E-state index contributed by atoms with van der Waals surface area (Å²) in [7, 11) is -0.623. The molecule has 0 heterocycles. The molecule has 2 aromatic rings. The van der Waals surface area contributed by atoms with E-state index in [1.54, 1.807) is 24.3 Å². The molecule has 0 unspecified atom stereocenters. The molecule has 26 heavy (non-hydrogen) atoms. The summed E-state index contributed by atoms with van der Waals surface area (Å²) in [4.78, 5) is 12.3. The van der Waals surface area contributed by atoms with Crippen molar-refractivity contribution in [2.24, 2.45) is 0 Å². The van der Waals surface area contributed by atoms with Gasteiger partial charge in [-0.1, -0.05) is 29.8 Å². The summed E-state index contributed by atoms with van der Waals surface area (Å²) in [6.45, 7) is 2.04.